The quantitative estimate of drug-likeness (QED) is 0.188. The molecule has 0 bridgehead atoms. The smallest absolute Gasteiger partial charge is 0.224 e. The standard InChI is InChI=1S/C32H56N6O8/c39-29(35-13-21-43-22-14-35)3-9-33(10-4-30(40)36-15-23-44-24-16-36)7-1-2-8-34(11-5-31(41)37-17-25-45-26-18-37)12-6-32(42)38-19-27-46-28-20-38/h1-28H2. The summed E-state index contributed by atoms with van der Waals surface area (Å²) in [5.74, 6) is 0.533. The van der Waals surface area contributed by atoms with E-state index in [1.807, 2.05) is 19.6 Å². The minimum Gasteiger partial charge on any atom is -0.378 e. The number of morpholine rings is 4. The summed E-state index contributed by atoms with van der Waals surface area (Å²) < 4.78 is 21.6. The van der Waals surface area contributed by atoms with E-state index >= 15 is 0 Å². The first kappa shape index (κ1) is 36.5. The van der Waals surface area contributed by atoms with Crippen LogP contribution in [0.1, 0.15) is 38.5 Å². The average Bonchev–Trinajstić information content (AvgIpc) is 3.12. The number of amides is 4. The molecule has 0 aromatic rings. The maximum atomic E-state index is 12.9. The molecule has 4 fully saturated rings. The molecule has 0 aromatic carbocycles. The molecule has 0 saturated carbocycles. The molecule has 0 aliphatic carbocycles. The van der Waals surface area contributed by atoms with Crippen LogP contribution in [0.5, 0.6) is 0 Å². The third-order valence-corrected chi connectivity index (χ3v) is 9.22. The zero-order valence-corrected chi connectivity index (χ0v) is 27.7. The highest BCUT2D eigenvalue weighted by atomic mass is 16.5. The molecule has 4 amide bonds. The van der Waals surface area contributed by atoms with Gasteiger partial charge in [-0.25, -0.2) is 0 Å². The normalized spacial score (nSPS) is 19.6. The van der Waals surface area contributed by atoms with Crippen LogP contribution in [0.4, 0.5) is 0 Å². The first-order valence-corrected chi connectivity index (χ1v) is 17.4. The Morgan fingerprint density at radius 2 is 0.587 bits per heavy atom. The van der Waals surface area contributed by atoms with Crippen molar-refractivity contribution in [2.45, 2.75) is 38.5 Å². The van der Waals surface area contributed by atoms with Crippen LogP contribution in [0.3, 0.4) is 0 Å². The van der Waals surface area contributed by atoms with E-state index in [4.69, 9.17) is 18.9 Å². The highest BCUT2D eigenvalue weighted by Gasteiger charge is 2.22. The highest BCUT2D eigenvalue weighted by molar-refractivity contribution is 5.78. The van der Waals surface area contributed by atoms with E-state index in [1.165, 1.54) is 0 Å². The molecule has 46 heavy (non-hydrogen) atoms. The van der Waals surface area contributed by atoms with Crippen molar-refractivity contribution >= 4 is 23.6 Å². The maximum Gasteiger partial charge on any atom is 0.224 e. The Morgan fingerprint density at radius 3 is 0.804 bits per heavy atom. The Kier molecular flexibility index (Phi) is 16.5. The number of hydrogen-bond donors (Lipinski definition) is 0. The maximum absolute atomic E-state index is 12.9. The van der Waals surface area contributed by atoms with Gasteiger partial charge in [0.1, 0.15) is 0 Å². The van der Waals surface area contributed by atoms with Gasteiger partial charge < -0.3 is 48.3 Å². The molecule has 4 saturated heterocycles. The van der Waals surface area contributed by atoms with Crippen LogP contribution in [0.15, 0.2) is 0 Å². The fraction of sp³-hybridized carbons (Fsp3) is 0.875. The van der Waals surface area contributed by atoms with Crippen molar-refractivity contribution in [3.05, 3.63) is 0 Å². The summed E-state index contributed by atoms with van der Waals surface area (Å²) in [4.78, 5) is 63.4. The van der Waals surface area contributed by atoms with Crippen LogP contribution in [-0.2, 0) is 38.1 Å². The second-order valence-corrected chi connectivity index (χ2v) is 12.4. The minimum atomic E-state index is 0.133. The second kappa shape index (κ2) is 20.8. The average molecular weight is 653 g/mol. The Balaban J connectivity index is 1.25. The fourth-order valence-electron chi connectivity index (χ4n) is 6.24. The van der Waals surface area contributed by atoms with Crippen LogP contribution in [0, 0.1) is 0 Å². The Morgan fingerprint density at radius 1 is 0.370 bits per heavy atom. The van der Waals surface area contributed by atoms with Gasteiger partial charge >= 0.3 is 0 Å². The minimum absolute atomic E-state index is 0.133. The van der Waals surface area contributed by atoms with Crippen LogP contribution < -0.4 is 0 Å². The largest absolute Gasteiger partial charge is 0.378 e. The van der Waals surface area contributed by atoms with Gasteiger partial charge in [-0.1, -0.05) is 0 Å². The number of carbonyl (C=O) groups is 4. The van der Waals surface area contributed by atoms with Crippen molar-refractivity contribution in [2.75, 3.05) is 144 Å². The van der Waals surface area contributed by atoms with Gasteiger partial charge in [-0.3, -0.25) is 19.2 Å². The van der Waals surface area contributed by atoms with Gasteiger partial charge in [0.05, 0.1) is 52.9 Å². The van der Waals surface area contributed by atoms with Gasteiger partial charge in [0, 0.05) is 104 Å². The first-order chi connectivity index (χ1) is 22.5. The monoisotopic (exact) mass is 652 g/mol. The molecule has 0 radical (unpaired) electrons. The van der Waals surface area contributed by atoms with Gasteiger partial charge in [-0.05, 0) is 25.9 Å². The lowest BCUT2D eigenvalue weighted by molar-refractivity contribution is -0.137. The van der Waals surface area contributed by atoms with Crippen molar-refractivity contribution in [1.82, 2.24) is 29.4 Å². The third-order valence-electron chi connectivity index (χ3n) is 9.22. The summed E-state index contributed by atoms with van der Waals surface area (Å²) in [6.07, 6.45) is 3.47. The van der Waals surface area contributed by atoms with Crippen LogP contribution in [0.2, 0.25) is 0 Å². The molecule has 0 unspecified atom stereocenters. The molecular formula is C32H56N6O8. The molecule has 4 aliphatic rings. The SMILES string of the molecule is O=C(CCN(CCCCN(CCC(=O)N1CCOCC1)CCC(=O)N1CCOCC1)CCC(=O)N1CCOCC1)N1CCOCC1. The van der Waals surface area contributed by atoms with E-state index in [0.29, 0.717) is 157 Å². The van der Waals surface area contributed by atoms with E-state index in [-0.39, 0.29) is 23.6 Å². The number of nitrogens with zero attached hydrogens (tertiary/aromatic N) is 6. The summed E-state index contributed by atoms with van der Waals surface area (Å²) in [6, 6.07) is 0. The predicted molar refractivity (Wildman–Crippen MR) is 170 cm³/mol. The van der Waals surface area contributed by atoms with Gasteiger partial charge in [-0.2, -0.15) is 0 Å². The number of unbranched alkanes of at least 4 members (excludes halogenated alkanes) is 1. The zero-order valence-electron chi connectivity index (χ0n) is 27.7. The predicted octanol–water partition coefficient (Wildman–Crippen LogP) is -0.634. The highest BCUT2D eigenvalue weighted by Crippen LogP contribution is 2.09. The molecule has 14 nitrogen and oxygen atoms in total. The molecule has 0 atom stereocenters. The Labute approximate surface area is 274 Å². The Bertz CT molecular complexity index is 792. The molecule has 0 aromatic heterocycles. The Hall–Kier alpha value is -2.36. The summed E-state index contributed by atoms with van der Waals surface area (Å²) in [7, 11) is 0. The number of hydrogen-bond acceptors (Lipinski definition) is 10. The molecular weight excluding hydrogens is 596 g/mol. The summed E-state index contributed by atoms with van der Waals surface area (Å²) in [6.45, 7) is 13.7. The first-order valence-electron chi connectivity index (χ1n) is 17.4. The number of ether oxygens (including phenoxy) is 4. The van der Waals surface area contributed by atoms with E-state index in [0.717, 1.165) is 25.9 Å². The van der Waals surface area contributed by atoms with Crippen molar-refractivity contribution in [3.8, 4) is 0 Å². The third kappa shape index (κ3) is 13.0. The molecule has 4 heterocycles. The van der Waals surface area contributed by atoms with Crippen molar-refractivity contribution in [3.63, 3.8) is 0 Å². The molecule has 262 valence electrons. The fourth-order valence-corrected chi connectivity index (χ4v) is 6.24. The lowest BCUT2D eigenvalue weighted by Gasteiger charge is -2.30. The van der Waals surface area contributed by atoms with Gasteiger partial charge in [0.2, 0.25) is 23.6 Å². The molecule has 14 heteroatoms. The van der Waals surface area contributed by atoms with E-state index in [2.05, 4.69) is 9.80 Å². The molecule has 4 rings (SSSR count). The van der Waals surface area contributed by atoms with Crippen molar-refractivity contribution in [2.24, 2.45) is 0 Å². The van der Waals surface area contributed by atoms with E-state index < -0.39 is 0 Å². The van der Waals surface area contributed by atoms with Crippen molar-refractivity contribution in [1.29, 1.82) is 0 Å². The number of carbonyl (C=O) groups excluding carboxylic acids is 4. The van der Waals surface area contributed by atoms with Crippen LogP contribution in [0.25, 0.3) is 0 Å². The summed E-state index contributed by atoms with van der Waals surface area (Å²) >= 11 is 0. The molecule has 0 spiro atoms. The second-order valence-electron chi connectivity index (χ2n) is 12.4. The van der Waals surface area contributed by atoms with Gasteiger partial charge in [0.25, 0.3) is 0 Å². The lowest BCUT2D eigenvalue weighted by atomic mass is 10.2. The molecule has 0 N–H and O–H groups in total. The number of rotatable bonds is 17. The van der Waals surface area contributed by atoms with E-state index in [1.54, 1.807) is 0 Å². The molecule has 4 aliphatic heterocycles. The lowest BCUT2D eigenvalue weighted by Crippen LogP contribution is -2.44. The van der Waals surface area contributed by atoms with E-state index in [9.17, 15) is 19.2 Å². The van der Waals surface area contributed by atoms with Crippen LogP contribution in [-0.4, -0.2) is 198 Å². The van der Waals surface area contributed by atoms with Gasteiger partial charge in [-0.15, -0.1) is 0 Å². The zero-order chi connectivity index (χ0) is 32.4. The van der Waals surface area contributed by atoms with Crippen LogP contribution >= 0.6 is 0 Å². The summed E-state index contributed by atoms with van der Waals surface area (Å²) in [5.41, 5.74) is 0. The topological polar surface area (TPSA) is 125 Å². The van der Waals surface area contributed by atoms with Crippen molar-refractivity contribution < 1.29 is 38.1 Å². The van der Waals surface area contributed by atoms with Gasteiger partial charge in [0.15, 0.2) is 0 Å². The summed E-state index contributed by atoms with van der Waals surface area (Å²) in [5, 5.41) is 0.